The number of benzene rings is 2. The summed E-state index contributed by atoms with van der Waals surface area (Å²) in [5.74, 6) is 0. The molecule has 4 fully saturated rings. The van der Waals surface area contributed by atoms with Gasteiger partial charge in [-0.3, -0.25) is 0 Å². The first-order chi connectivity index (χ1) is 22.0. The van der Waals surface area contributed by atoms with Crippen LogP contribution in [0.15, 0.2) is 53.0 Å². The van der Waals surface area contributed by atoms with Crippen molar-refractivity contribution in [3.8, 4) is 0 Å². The largest absolute Gasteiger partial charge is 0.444 e. The van der Waals surface area contributed by atoms with E-state index in [2.05, 4.69) is 38.3 Å². The van der Waals surface area contributed by atoms with Crippen LogP contribution in [0.25, 0.3) is 0 Å². The van der Waals surface area contributed by atoms with E-state index >= 15 is 0 Å². The van der Waals surface area contributed by atoms with Crippen molar-refractivity contribution in [3.63, 3.8) is 0 Å². The molecule has 260 valence electrons. The van der Waals surface area contributed by atoms with Gasteiger partial charge < -0.3 is 29.5 Å². The highest BCUT2D eigenvalue weighted by Crippen LogP contribution is 2.43. The fraction of sp³-hybridized carbons (Fsp3) is 0.611. The molecule has 4 heterocycles. The van der Waals surface area contributed by atoms with E-state index in [9.17, 15) is 9.59 Å². The lowest BCUT2D eigenvalue weighted by molar-refractivity contribution is 0.00855. The van der Waals surface area contributed by atoms with E-state index in [1.165, 1.54) is 18.5 Å². The number of carbonyl (C=O) groups is 2. The van der Waals surface area contributed by atoms with Crippen LogP contribution in [0.3, 0.4) is 0 Å². The molecule has 11 heteroatoms. The van der Waals surface area contributed by atoms with Gasteiger partial charge in [-0.15, -0.1) is 0 Å². The second-order valence-corrected chi connectivity index (χ2v) is 16.7. The third-order valence-electron chi connectivity index (χ3n) is 9.14. The van der Waals surface area contributed by atoms with Crippen molar-refractivity contribution >= 4 is 57.0 Å². The Bertz CT molecular complexity index is 1300. The van der Waals surface area contributed by atoms with E-state index in [0.29, 0.717) is 5.54 Å². The standard InChI is InChI=1S/C18H25ClN2O2.C12H22N2O2.C6H4BrCl/c1-17(2,3)23-16(22)20-11-8-18(9-12-20)10-13-21(18)15-6-4-14(19)5-7-15;1-11(2,3)16-10(15)14-8-5-12(6-9-14)4-7-13-12;7-5-1-3-6(8)4-2-5/h4-7H,8-13H2,1-3H3;13H,4-9H2,1-3H3;1-4H. The Labute approximate surface area is 299 Å². The number of nitrogens with one attached hydrogen (secondary N) is 1. The molecule has 0 unspecified atom stereocenters. The van der Waals surface area contributed by atoms with Gasteiger partial charge in [0.05, 0.1) is 0 Å². The molecule has 0 atom stereocenters. The Balaban J connectivity index is 0.000000180. The minimum atomic E-state index is -0.433. The number of likely N-dealkylation sites (tertiary alicyclic amines) is 2. The number of anilines is 1. The van der Waals surface area contributed by atoms with Gasteiger partial charge >= 0.3 is 12.2 Å². The number of nitrogens with zero attached hydrogens (tertiary/aromatic N) is 3. The minimum absolute atomic E-state index is 0.165. The predicted octanol–water partition coefficient (Wildman–Crippen LogP) is 9.17. The highest BCUT2D eigenvalue weighted by atomic mass is 79.9. The van der Waals surface area contributed by atoms with Gasteiger partial charge in [0.1, 0.15) is 11.2 Å². The monoisotopic (exact) mass is 752 g/mol. The van der Waals surface area contributed by atoms with Crippen molar-refractivity contribution in [1.29, 1.82) is 0 Å². The van der Waals surface area contributed by atoms with Crippen molar-refractivity contribution in [1.82, 2.24) is 15.1 Å². The van der Waals surface area contributed by atoms with E-state index in [1.807, 2.05) is 87.7 Å². The first-order valence-corrected chi connectivity index (χ1v) is 18.2. The molecule has 2 aromatic rings. The van der Waals surface area contributed by atoms with Crippen LogP contribution in [0.5, 0.6) is 0 Å². The molecule has 2 aromatic carbocycles. The summed E-state index contributed by atoms with van der Waals surface area (Å²) in [7, 11) is 0. The minimum Gasteiger partial charge on any atom is -0.444 e. The molecule has 6 rings (SSSR count). The Morgan fingerprint density at radius 2 is 1.09 bits per heavy atom. The first-order valence-electron chi connectivity index (χ1n) is 16.6. The highest BCUT2D eigenvalue weighted by molar-refractivity contribution is 9.10. The summed E-state index contributed by atoms with van der Waals surface area (Å²) in [4.78, 5) is 30.1. The topological polar surface area (TPSA) is 74.4 Å². The number of piperidine rings is 2. The quantitative estimate of drug-likeness (QED) is 0.313. The number of halogens is 3. The molecule has 47 heavy (non-hydrogen) atoms. The van der Waals surface area contributed by atoms with Crippen LogP contribution in [-0.2, 0) is 9.47 Å². The lowest BCUT2D eigenvalue weighted by atomic mass is 9.76. The van der Waals surface area contributed by atoms with Gasteiger partial charge in [0.2, 0.25) is 0 Å². The maximum atomic E-state index is 12.2. The summed E-state index contributed by atoms with van der Waals surface area (Å²) in [6.45, 7) is 16.8. The Morgan fingerprint density at radius 3 is 1.43 bits per heavy atom. The second kappa shape index (κ2) is 15.6. The van der Waals surface area contributed by atoms with E-state index in [4.69, 9.17) is 32.7 Å². The normalized spacial score (nSPS) is 19.7. The van der Waals surface area contributed by atoms with Gasteiger partial charge in [-0.05, 0) is 135 Å². The van der Waals surface area contributed by atoms with Gasteiger partial charge in [-0.1, -0.05) is 39.1 Å². The number of carbonyl (C=O) groups excluding carboxylic acids is 2. The molecule has 4 saturated heterocycles. The van der Waals surface area contributed by atoms with Crippen LogP contribution in [0.2, 0.25) is 10.0 Å². The molecular formula is C36H51BrCl2N4O4. The van der Waals surface area contributed by atoms with Crippen LogP contribution < -0.4 is 10.2 Å². The zero-order chi connectivity index (χ0) is 34.5. The Kier molecular flexibility index (Phi) is 12.5. The second-order valence-electron chi connectivity index (χ2n) is 14.9. The van der Waals surface area contributed by atoms with E-state index in [-0.39, 0.29) is 23.3 Å². The zero-order valence-electron chi connectivity index (χ0n) is 28.7. The zero-order valence-corrected chi connectivity index (χ0v) is 31.8. The van der Waals surface area contributed by atoms with Crippen LogP contribution in [0, 0.1) is 0 Å². The molecule has 1 N–H and O–H groups in total. The van der Waals surface area contributed by atoms with Crippen molar-refractivity contribution in [2.45, 2.75) is 102 Å². The van der Waals surface area contributed by atoms with Gasteiger partial charge in [0.15, 0.2) is 0 Å². The van der Waals surface area contributed by atoms with Gasteiger partial charge in [0.25, 0.3) is 0 Å². The molecule has 2 spiro atoms. The molecular weight excluding hydrogens is 703 g/mol. The number of rotatable bonds is 1. The van der Waals surface area contributed by atoms with E-state index in [1.54, 1.807) is 0 Å². The van der Waals surface area contributed by atoms with Crippen LogP contribution in [0.1, 0.15) is 80.1 Å². The summed E-state index contributed by atoms with van der Waals surface area (Å²) in [6, 6.07) is 15.5. The summed E-state index contributed by atoms with van der Waals surface area (Å²) in [5.41, 5.74) is 0.954. The summed E-state index contributed by atoms with van der Waals surface area (Å²) in [6.07, 6.45) is 6.21. The summed E-state index contributed by atoms with van der Waals surface area (Å²) in [5, 5.41) is 5.03. The SMILES string of the molecule is CC(C)(C)OC(=O)N1CCC2(CC1)CCN2c1ccc(Cl)cc1.CC(C)(C)OC(=O)N1CCC2(CCN2)CC1.Clc1ccc(Br)cc1. The van der Waals surface area contributed by atoms with Crippen LogP contribution in [0.4, 0.5) is 15.3 Å². The highest BCUT2D eigenvalue weighted by Gasteiger charge is 2.47. The molecule has 0 bridgehead atoms. The lowest BCUT2D eigenvalue weighted by Gasteiger charge is -2.57. The molecule has 4 aliphatic heterocycles. The molecule has 0 saturated carbocycles. The lowest BCUT2D eigenvalue weighted by Crippen LogP contribution is -2.65. The van der Waals surface area contributed by atoms with Crippen molar-refractivity contribution in [2.75, 3.05) is 44.2 Å². The van der Waals surface area contributed by atoms with Crippen molar-refractivity contribution in [3.05, 3.63) is 63.0 Å². The number of ether oxygens (including phenoxy) is 2. The molecule has 8 nitrogen and oxygen atoms in total. The maximum absolute atomic E-state index is 12.2. The average Bonchev–Trinajstić information content (AvgIpc) is 2.97. The summed E-state index contributed by atoms with van der Waals surface area (Å²) >= 11 is 14.9. The third-order valence-corrected chi connectivity index (χ3v) is 10.2. The van der Waals surface area contributed by atoms with Crippen LogP contribution >= 0.6 is 39.1 Å². The van der Waals surface area contributed by atoms with E-state index < -0.39 is 5.60 Å². The van der Waals surface area contributed by atoms with Crippen molar-refractivity contribution < 1.29 is 19.1 Å². The summed E-state index contributed by atoms with van der Waals surface area (Å²) < 4.78 is 11.9. The van der Waals surface area contributed by atoms with E-state index in [0.717, 1.165) is 79.5 Å². The van der Waals surface area contributed by atoms with Gasteiger partial charge in [-0.25, -0.2) is 9.59 Å². The maximum Gasteiger partial charge on any atom is 0.410 e. The molecule has 2 amide bonds. The Morgan fingerprint density at radius 1 is 0.681 bits per heavy atom. The first kappa shape index (κ1) is 37.6. The number of amides is 2. The molecule has 0 aromatic heterocycles. The molecule has 0 aliphatic carbocycles. The smallest absolute Gasteiger partial charge is 0.410 e. The average molecular weight is 755 g/mol. The third kappa shape index (κ3) is 10.9. The fourth-order valence-electron chi connectivity index (χ4n) is 6.29. The molecule has 4 aliphatic rings. The number of hydrogen-bond donors (Lipinski definition) is 1. The Hall–Kier alpha value is -2.20. The van der Waals surface area contributed by atoms with Gasteiger partial charge in [-0.2, -0.15) is 0 Å². The molecule has 0 radical (unpaired) electrons. The number of hydrogen-bond acceptors (Lipinski definition) is 6. The van der Waals surface area contributed by atoms with Crippen molar-refractivity contribution in [2.24, 2.45) is 0 Å². The fourth-order valence-corrected chi connectivity index (χ4v) is 6.81. The predicted molar refractivity (Wildman–Crippen MR) is 195 cm³/mol. The van der Waals surface area contributed by atoms with Crippen LogP contribution in [-0.4, -0.2) is 83.5 Å². The van der Waals surface area contributed by atoms with Gasteiger partial charge in [0, 0.05) is 64.0 Å².